The van der Waals surface area contributed by atoms with Crippen LogP contribution in [0.4, 0.5) is 0 Å². The van der Waals surface area contributed by atoms with Crippen LogP contribution in [0.3, 0.4) is 0 Å². The lowest BCUT2D eigenvalue weighted by atomic mass is 10.1. The summed E-state index contributed by atoms with van der Waals surface area (Å²) in [5, 5.41) is 6.15. The Balaban J connectivity index is 2.49. The Labute approximate surface area is 163 Å². The lowest BCUT2D eigenvalue weighted by molar-refractivity contribution is -0.122. The summed E-state index contributed by atoms with van der Waals surface area (Å²) >= 11 is 0. The smallest absolute Gasteiger partial charge is 0.240 e. The largest absolute Gasteiger partial charge is 0.496 e. The predicted octanol–water partition coefficient (Wildman–Crippen LogP) is 2.02. The van der Waals surface area contributed by atoms with Gasteiger partial charge in [0.2, 0.25) is 5.91 Å². The van der Waals surface area contributed by atoms with Crippen molar-refractivity contribution in [2.75, 3.05) is 40.4 Å². The Kier molecular flexibility index (Phi) is 9.64. The van der Waals surface area contributed by atoms with Crippen molar-refractivity contribution in [1.82, 2.24) is 15.5 Å². The topological polar surface area (TPSA) is 75.2 Å². The summed E-state index contributed by atoms with van der Waals surface area (Å²) in [6, 6.07) is 7.78. The number of benzene rings is 1. The average molecular weight is 379 g/mol. The monoisotopic (exact) mass is 378 g/mol. The second-order valence-corrected chi connectivity index (χ2v) is 7.25. The van der Waals surface area contributed by atoms with E-state index in [9.17, 15) is 4.79 Å². The Morgan fingerprint density at radius 3 is 2.59 bits per heavy atom. The molecular weight excluding hydrogens is 344 g/mol. The first-order valence-electron chi connectivity index (χ1n) is 9.27. The first-order chi connectivity index (χ1) is 12.8. The number of nitrogens with one attached hydrogen (secondary N) is 2. The van der Waals surface area contributed by atoms with E-state index in [0.717, 1.165) is 17.9 Å². The molecule has 7 heteroatoms. The van der Waals surface area contributed by atoms with E-state index in [0.29, 0.717) is 25.7 Å². The number of likely N-dealkylation sites (N-methyl/N-ethyl adjacent to an activating group) is 1. The Hall–Kier alpha value is -2.28. The maximum atomic E-state index is 12.1. The van der Waals surface area contributed by atoms with Gasteiger partial charge in [0, 0.05) is 24.7 Å². The third-order valence-corrected chi connectivity index (χ3v) is 3.54. The molecule has 0 aliphatic carbocycles. The number of nitrogens with zero attached hydrogens (tertiary/aromatic N) is 2. The molecule has 152 valence electrons. The van der Waals surface area contributed by atoms with E-state index in [4.69, 9.17) is 9.47 Å². The molecule has 1 amide bonds. The van der Waals surface area contributed by atoms with Gasteiger partial charge in [-0.3, -0.25) is 9.79 Å². The van der Waals surface area contributed by atoms with Gasteiger partial charge in [0.05, 0.1) is 33.4 Å². The van der Waals surface area contributed by atoms with Gasteiger partial charge in [-0.2, -0.15) is 0 Å². The summed E-state index contributed by atoms with van der Waals surface area (Å²) < 4.78 is 11.0. The first-order valence-corrected chi connectivity index (χ1v) is 9.27. The molecule has 1 aromatic carbocycles. The number of amides is 1. The van der Waals surface area contributed by atoms with Gasteiger partial charge in [-0.05, 0) is 33.8 Å². The van der Waals surface area contributed by atoms with Crippen molar-refractivity contribution in [1.29, 1.82) is 0 Å². The minimum atomic E-state index is -0.250. The molecule has 0 aliphatic heterocycles. The quantitative estimate of drug-likeness (QED) is 0.391. The highest BCUT2D eigenvalue weighted by molar-refractivity contribution is 5.86. The Morgan fingerprint density at radius 2 is 1.96 bits per heavy atom. The summed E-state index contributed by atoms with van der Waals surface area (Å²) in [5.41, 5.74) is 0.756. The van der Waals surface area contributed by atoms with E-state index in [2.05, 4.69) is 15.6 Å². The van der Waals surface area contributed by atoms with Gasteiger partial charge in [-0.1, -0.05) is 18.2 Å². The van der Waals surface area contributed by atoms with Gasteiger partial charge in [0.1, 0.15) is 5.75 Å². The van der Waals surface area contributed by atoms with Crippen molar-refractivity contribution >= 4 is 11.9 Å². The lowest BCUT2D eigenvalue weighted by Crippen LogP contribution is -2.48. The summed E-state index contributed by atoms with van der Waals surface area (Å²) in [6.45, 7) is 10.3. The molecule has 0 saturated heterocycles. The molecule has 0 saturated carbocycles. The predicted molar refractivity (Wildman–Crippen MR) is 109 cm³/mol. The fraction of sp³-hybridized carbons (Fsp3) is 0.600. The van der Waals surface area contributed by atoms with Gasteiger partial charge in [-0.15, -0.1) is 0 Å². The van der Waals surface area contributed by atoms with Crippen molar-refractivity contribution in [2.45, 2.75) is 39.8 Å². The fourth-order valence-electron chi connectivity index (χ4n) is 2.44. The zero-order valence-corrected chi connectivity index (χ0v) is 17.5. The molecule has 0 aromatic heterocycles. The highest BCUT2D eigenvalue weighted by Gasteiger charge is 2.16. The van der Waals surface area contributed by atoms with Crippen molar-refractivity contribution in [2.24, 2.45) is 4.99 Å². The third-order valence-electron chi connectivity index (χ3n) is 3.54. The molecular formula is C20H34N4O3. The van der Waals surface area contributed by atoms with E-state index in [1.807, 2.05) is 63.9 Å². The van der Waals surface area contributed by atoms with Crippen LogP contribution in [0.2, 0.25) is 0 Å². The lowest BCUT2D eigenvalue weighted by Gasteiger charge is -2.25. The van der Waals surface area contributed by atoms with Crippen LogP contribution in [-0.2, 0) is 16.1 Å². The fourth-order valence-corrected chi connectivity index (χ4v) is 2.44. The number of ether oxygens (including phenoxy) is 2. The van der Waals surface area contributed by atoms with Gasteiger partial charge in [0.15, 0.2) is 5.96 Å². The van der Waals surface area contributed by atoms with Crippen LogP contribution in [0.15, 0.2) is 29.3 Å². The van der Waals surface area contributed by atoms with Gasteiger partial charge < -0.3 is 25.0 Å². The molecule has 0 fully saturated rings. The number of para-hydroxylation sites is 1. The van der Waals surface area contributed by atoms with Crippen LogP contribution < -0.4 is 15.4 Å². The van der Waals surface area contributed by atoms with Crippen LogP contribution >= 0.6 is 0 Å². The third kappa shape index (κ3) is 9.28. The average Bonchev–Trinajstić information content (AvgIpc) is 2.59. The number of rotatable bonds is 9. The molecule has 0 aliphatic rings. The Bertz CT molecular complexity index is 611. The number of hydrogen-bond acceptors (Lipinski definition) is 4. The minimum Gasteiger partial charge on any atom is -0.496 e. The molecule has 0 heterocycles. The number of carbonyl (C=O) groups excluding carboxylic acids is 1. The molecule has 0 spiro atoms. The number of carbonyl (C=O) groups is 1. The van der Waals surface area contributed by atoms with Gasteiger partial charge in [-0.25, -0.2) is 0 Å². The second-order valence-electron chi connectivity index (χ2n) is 7.25. The normalized spacial score (nSPS) is 11.9. The van der Waals surface area contributed by atoms with Gasteiger partial charge in [0.25, 0.3) is 0 Å². The van der Waals surface area contributed by atoms with E-state index >= 15 is 0 Å². The zero-order valence-electron chi connectivity index (χ0n) is 17.5. The SMILES string of the molecule is CCNC(=NCCOCc1ccccc1OC)N(C)CC(=O)NC(C)(C)C. The molecule has 1 rings (SSSR count). The number of aliphatic imine (C=N–C) groups is 1. The summed E-state index contributed by atoms with van der Waals surface area (Å²) in [7, 11) is 3.50. The van der Waals surface area contributed by atoms with Crippen molar-refractivity contribution in [3.8, 4) is 5.75 Å². The standard InChI is InChI=1S/C20H34N4O3/c1-7-21-19(24(5)14-18(25)23-20(2,3)4)22-12-13-27-15-16-10-8-9-11-17(16)26-6/h8-11H,7,12-15H2,1-6H3,(H,21,22)(H,23,25). The highest BCUT2D eigenvalue weighted by atomic mass is 16.5. The summed E-state index contributed by atoms with van der Waals surface area (Å²) in [4.78, 5) is 18.4. The number of hydrogen-bond donors (Lipinski definition) is 2. The zero-order chi connectivity index (χ0) is 20.3. The van der Waals surface area contributed by atoms with E-state index in [-0.39, 0.29) is 18.0 Å². The van der Waals surface area contributed by atoms with Crippen molar-refractivity contribution in [3.05, 3.63) is 29.8 Å². The van der Waals surface area contributed by atoms with E-state index < -0.39 is 0 Å². The highest BCUT2D eigenvalue weighted by Crippen LogP contribution is 2.17. The second kappa shape index (κ2) is 11.4. The molecule has 27 heavy (non-hydrogen) atoms. The molecule has 0 atom stereocenters. The van der Waals surface area contributed by atoms with Crippen LogP contribution in [0.5, 0.6) is 5.75 Å². The van der Waals surface area contributed by atoms with Crippen LogP contribution in [0.1, 0.15) is 33.3 Å². The molecule has 0 unspecified atom stereocenters. The van der Waals surface area contributed by atoms with Crippen LogP contribution in [-0.4, -0.2) is 62.7 Å². The van der Waals surface area contributed by atoms with Crippen LogP contribution in [0.25, 0.3) is 0 Å². The van der Waals surface area contributed by atoms with Crippen LogP contribution in [0, 0.1) is 0 Å². The summed E-state index contributed by atoms with van der Waals surface area (Å²) in [5.74, 6) is 1.46. The molecule has 0 radical (unpaired) electrons. The molecule has 2 N–H and O–H groups in total. The number of methoxy groups -OCH3 is 1. The van der Waals surface area contributed by atoms with Gasteiger partial charge >= 0.3 is 0 Å². The molecule has 7 nitrogen and oxygen atoms in total. The maximum absolute atomic E-state index is 12.1. The van der Waals surface area contributed by atoms with Crippen molar-refractivity contribution < 1.29 is 14.3 Å². The molecule has 0 bridgehead atoms. The first kappa shape index (κ1) is 22.8. The minimum absolute atomic E-state index is 0.0389. The van der Waals surface area contributed by atoms with Crippen molar-refractivity contribution in [3.63, 3.8) is 0 Å². The maximum Gasteiger partial charge on any atom is 0.240 e. The Morgan fingerprint density at radius 1 is 1.26 bits per heavy atom. The molecule has 1 aromatic rings. The van der Waals surface area contributed by atoms with E-state index in [1.165, 1.54) is 0 Å². The van der Waals surface area contributed by atoms with E-state index in [1.54, 1.807) is 7.11 Å². The summed E-state index contributed by atoms with van der Waals surface area (Å²) in [6.07, 6.45) is 0. The number of guanidine groups is 1.